The highest BCUT2D eigenvalue weighted by atomic mass is 16.6. The summed E-state index contributed by atoms with van der Waals surface area (Å²) in [6.07, 6.45) is 1.23. The molecule has 0 spiro atoms. The van der Waals surface area contributed by atoms with Crippen LogP contribution in [-0.4, -0.2) is 33.0 Å². The first-order chi connectivity index (χ1) is 9.51. The molecule has 0 aliphatic carbocycles. The van der Waals surface area contributed by atoms with Crippen LogP contribution in [0.5, 0.6) is 0 Å². The van der Waals surface area contributed by atoms with Crippen molar-refractivity contribution in [3.8, 4) is 0 Å². The Kier molecular flexibility index (Phi) is 4.72. The van der Waals surface area contributed by atoms with E-state index in [4.69, 9.17) is 4.74 Å². The van der Waals surface area contributed by atoms with Crippen molar-refractivity contribution in [3.63, 3.8) is 0 Å². The summed E-state index contributed by atoms with van der Waals surface area (Å²) in [5.74, 6) is -1.15. The van der Waals surface area contributed by atoms with Gasteiger partial charge < -0.3 is 14.6 Å². The quantitative estimate of drug-likeness (QED) is 0.514. The first-order valence-electron chi connectivity index (χ1n) is 6.35. The molecule has 1 rings (SSSR count). The summed E-state index contributed by atoms with van der Waals surface area (Å²) in [5, 5.41) is 13.1. The fourth-order valence-electron chi connectivity index (χ4n) is 1.59. The summed E-state index contributed by atoms with van der Waals surface area (Å²) in [5.41, 5.74) is -0.746. The van der Waals surface area contributed by atoms with Crippen LogP contribution < -0.4 is 5.32 Å². The maximum absolute atomic E-state index is 12.0. The molecular weight excluding hydrogens is 278 g/mol. The number of rotatable bonds is 4. The molecule has 8 heteroatoms. The molecule has 0 bridgehead atoms. The fourth-order valence-corrected chi connectivity index (χ4v) is 1.59. The minimum Gasteiger partial charge on any atom is -0.458 e. The summed E-state index contributed by atoms with van der Waals surface area (Å²) in [6.45, 7) is 6.66. The Morgan fingerprint density at radius 3 is 2.43 bits per heavy atom. The van der Waals surface area contributed by atoms with Gasteiger partial charge in [0, 0.05) is 13.1 Å². The molecule has 0 aromatic carbocycles. The molecule has 116 valence electrons. The molecule has 0 saturated heterocycles. The first-order valence-corrected chi connectivity index (χ1v) is 6.35. The van der Waals surface area contributed by atoms with E-state index in [1.165, 1.54) is 24.7 Å². The smallest absolute Gasteiger partial charge is 0.328 e. The predicted octanol–water partition coefficient (Wildman–Crippen LogP) is 1.39. The van der Waals surface area contributed by atoms with Gasteiger partial charge in [-0.1, -0.05) is 0 Å². The lowest BCUT2D eigenvalue weighted by Gasteiger charge is -2.22. The van der Waals surface area contributed by atoms with Crippen LogP contribution in [0.3, 0.4) is 0 Å². The van der Waals surface area contributed by atoms with Gasteiger partial charge in [0.05, 0.1) is 11.1 Å². The SMILES string of the molecule is C[C@H](NC(=O)c1cc([N+](=O)[O-])cn1C)C(=O)OC(C)(C)C. The van der Waals surface area contributed by atoms with Crippen LogP contribution in [0.4, 0.5) is 5.69 Å². The van der Waals surface area contributed by atoms with Crippen LogP contribution in [0.1, 0.15) is 38.2 Å². The van der Waals surface area contributed by atoms with Gasteiger partial charge in [0.1, 0.15) is 17.3 Å². The third kappa shape index (κ3) is 4.59. The second-order valence-corrected chi connectivity index (χ2v) is 5.68. The maximum atomic E-state index is 12.0. The van der Waals surface area contributed by atoms with Crippen LogP contribution in [0, 0.1) is 10.1 Å². The Morgan fingerprint density at radius 1 is 1.43 bits per heavy atom. The highest BCUT2D eigenvalue weighted by Gasteiger charge is 2.25. The van der Waals surface area contributed by atoms with Crippen molar-refractivity contribution in [1.29, 1.82) is 0 Å². The van der Waals surface area contributed by atoms with Crippen molar-refractivity contribution >= 4 is 17.6 Å². The summed E-state index contributed by atoms with van der Waals surface area (Å²) >= 11 is 0. The molecule has 0 fully saturated rings. The number of carbonyl (C=O) groups excluding carboxylic acids is 2. The van der Waals surface area contributed by atoms with Crippen LogP contribution in [0.15, 0.2) is 12.3 Å². The van der Waals surface area contributed by atoms with E-state index in [9.17, 15) is 19.7 Å². The Hall–Kier alpha value is -2.38. The molecule has 21 heavy (non-hydrogen) atoms. The number of nitro groups is 1. The number of aromatic nitrogens is 1. The monoisotopic (exact) mass is 297 g/mol. The topological polar surface area (TPSA) is 103 Å². The average Bonchev–Trinajstić information content (AvgIpc) is 2.69. The summed E-state index contributed by atoms with van der Waals surface area (Å²) < 4.78 is 6.47. The van der Waals surface area contributed by atoms with Gasteiger partial charge in [-0.05, 0) is 27.7 Å². The van der Waals surface area contributed by atoms with E-state index >= 15 is 0 Å². The zero-order chi connectivity index (χ0) is 16.4. The first kappa shape index (κ1) is 16.7. The van der Waals surface area contributed by atoms with Crippen molar-refractivity contribution in [2.75, 3.05) is 0 Å². The molecule has 1 heterocycles. The number of nitrogens with zero attached hydrogens (tertiary/aromatic N) is 2. The lowest BCUT2D eigenvalue weighted by Crippen LogP contribution is -2.42. The van der Waals surface area contributed by atoms with Crippen LogP contribution in [0.25, 0.3) is 0 Å². The van der Waals surface area contributed by atoms with Gasteiger partial charge in [0.25, 0.3) is 11.6 Å². The number of hydrogen-bond acceptors (Lipinski definition) is 5. The van der Waals surface area contributed by atoms with E-state index in [-0.39, 0.29) is 11.4 Å². The van der Waals surface area contributed by atoms with E-state index in [0.717, 1.165) is 6.07 Å². The highest BCUT2D eigenvalue weighted by Crippen LogP contribution is 2.15. The largest absolute Gasteiger partial charge is 0.458 e. The molecule has 1 aromatic rings. The van der Waals surface area contributed by atoms with Gasteiger partial charge in [0.2, 0.25) is 0 Å². The van der Waals surface area contributed by atoms with Crippen LogP contribution in [0.2, 0.25) is 0 Å². The molecule has 0 radical (unpaired) electrons. The number of ether oxygens (including phenoxy) is 1. The molecule has 1 N–H and O–H groups in total. The molecule has 0 aliphatic rings. The molecule has 0 unspecified atom stereocenters. The van der Waals surface area contributed by atoms with Gasteiger partial charge in [-0.25, -0.2) is 4.79 Å². The van der Waals surface area contributed by atoms with Crippen LogP contribution in [-0.2, 0) is 16.6 Å². The van der Waals surface area contributed by atoms with E-state index in [1.54, 1.807) is 20.8 Å². The Bertz CT molecular complexity index is 571. The zero-order valence-corrected chi connectivity index (χ0v) is 12.7. The molecule has 8 nitrogen and oxygen atoms in total. The molecule has 0 aliphatic heterocycles. The van der Waals surface area contributed by atoms with E-state index in [2.05, 4.69) is 5.32 Å². The molecule has 1 amide bonds. The van der Waals surface area contributed by atoms with Crippen molar-refractivity contribution in [2.24, 2.45) is 7.05 Å². The maximum Gasteiger partial charge on any atom is 0.328 e. The van der Waals surface area contributed by atoms with E-state index in [0.29, 0.717) is 0 Å². The molecule has 0 saturated carbocycles. The summed E-state index contributed by atoms with van der Waals surface area (Å²) in [7, 11) is 1.51. The minimum atomic E-state index is -0.856. The van der Waals surface area contributed by atoms with Crippen LogP contribution >= 0.6 is 0 Å². The second-order valence-electron chi connectivity index (χ2n) is 5.68. The number of amides is 1. The Morgan fingerprint density at radius 2 is 2.00 bits per heavy atom. The van der Waals surface area contributed by atoms with Crippen molar-refractivity contribution in [3.05, 3.63) is 28.1 Å². The standard InChI is InChI=1S/C13H19N3O5/c1-8(12(18)21-13(2,3)4)14-11(17)10-6-9(16(19)20)7-15(10)5/h6-8H,1-5H3,(H,14,17)/t8-/m0/s1. The van der Waals surface area contributed by atoms with Gasteiger partial charge in [-0.15, -0.1) is 0 Å². The number of hydrogen-bond donors (Lipinski definition) is 1. The summed E-state index contributed by atoms with van der Waals surface area (Å²) in [6, 6.07) is 0.294. The fraction of sp³-hybridized carbons (Fsp3) is 0.538. The Balaban J connectivity index is 2.77. The van der Waals surface area contributed by atoms with Gasteiger partial charge >= 0.3 is 5.97 Å². The van der Waals surface area contributed by atoms with E-state index < -0.39 is 28.4 Å². The third-order valence-electron chi connectivity index (χ3n) is 2.54. The van der Waals surface area contributed by atoms with Crippen molar-refractivity contribution < 1.29 is 19.2 Å². The lowest BCUT2D eigenvalue weighted by atomic mass is 10.2. The summed E-state index contributed by atoms with van der Waals surface area (Å²) in [4.78, 5) is 33.9. The number of nitrogens with one attached hydrogen (secondary N) is 1. The number of esters is 1. The molecule has 1 atom stereocenters. The normalized spacial score (nSPS) is 12.6. The molecule has 1 aromatic heterocycles. The molecular formula is C13H19N3O5. The zero-order valence-electron chi connectivity index (χ0n) is 12.7. The Labute approximate surface area is 122 Å². The van der Waals surface area contributed by atoms with Gasteiger partial charge in [0.15, 0.2) is 0 Å². The van der Waals surface area contributed by atoms with Crippen molar-refractivity contribution in [2.45, 2.75) is 39.3 Å². The number of carbonyl (C=O) groups is 2. The second kappa shape index (κ2) is 5.94. The van der Waals surface area contributed by atoms with Gasteiger partial charge in [-0.3, -0.25) is 14.9 Å². The highest BCUT2D eigenvalue weighted by molar-refractivity contribution is 5.96. The lowest BCUT2D eigenvalue weighted by molar-refractivity contribution is -0.384. The van der Waals surface area contributed by atoms with Gasteiger partial charge in [-0.2, -0.15) is 0 Å². The van der Waals surface area contributed by atoms with Crippen molar-refractivity contribution in [1.82, 2.24) is 9.88 Å². The third-order valence-corrected chi connectivity index (χ3v) is 2.54. The average molecular weight is 297 g/mol. The predicted molar refractivity (Wildman–Crippen MR) is 74.8 cm³/mol. The minimum absolute atomic E-state index is 0.0945. The van der Waals surface area contributed by atoms with E-state index in [1.807, 2.05) is 0 Å². The number of aryl methyl sites for hydroxylation is 1.